The molecule has 1 aliphatic heterocycles. The quantitative estimate of drug-likeness (QED) is 0.110. The summed E-state index contributed by atoms with van der Waals surface area (Å²) in [6.45, 7) is 16.2. The monoisotopic (exact) mass is 745 g/mol. The molecule has 1 fully saturated rings. The first kappa shape index (κ1) is 45.8. The Kier molecular flexibility index (Phi) is 18.6. The molecule has 8 atom stereocenters. The number of nitrogens with zero attached hydrogens (tertiary/aromatic N) is 3. The van der Waals surface area contributed by atoms with E-state index in [0.717, 1.165) is 5.56 Å². The molecule has 1 saturated heterocycles. The van der Waals surface area contributed by atoms with Crippen molar-refractivity contribution < 1.29 is 38.9 Å². The van der Waals surface area contributed by atoms with Crippen molar-refractivity contribution in [2.75, 3.05) is 41.9 Å². The molecule has 2 rings (SSSR count). The van der Waals surface area contributed by atoms with Crippen molar-refractivity contribution in [1.82, 2.24) is 25.3 Å². The number of hydrogen-bond donors (Lipinski definition) is 4. The van der Waals surface area contributed by atoms with Gasteiger partial charge in [-0.2, -0.15) is 0 Å². The van der Waals surface area contributed by atoms with E-state index in [4.69, 9.17) is 9.47 Å². The summed E-state index contributed by atoms with van der Waals surface area (Å²) in [4.78, 5) is 60.3. The fourth-order valence-corrected chi connectivity index (χ4v) is 7.56. The Hall–Kier alpha value is -3.36. The maximum absolute atomic E-state index is 14.2. The zero-order valence-electron chi connectivity index (χ0n) is 33.9. The standard InChI is InChI=1S/C40H67N5O8/c1-13-26(6)35(44(10)39(49)33(24(2)3)42-38(48)34(25(4)5)43(8)9)31(52-11)23-32(46)45-21-17-20-30(45)36(53-12)27(7)37(47)41-29(40(50)51)22-28-18-15-14-16-19-28/h14-16,18-19,24-26,29-31,33-36,40,50-51H,7,13,17,20-23H2,1-6,8-12H3,(H,41,47)(H,42,48)/t26-,29-,30-,31?,33-,34-,35-,36+/m0/s1. The molecular formula is C40H67N5O8. The van der Waals surface area contributed by atoms with Crippen LogP contribution in [0.25, 0.3) is 0 Å². The lowest BCUT2D eigenvalue weighted by atomic mass is 9.89. The predicted molar refractivity (Wildman–Crippen MR) is 205 cm³/mol. The van der Waals surface area contributed by atoms with Gasteiger partial charge < -0.3 is 40.1 Å². The Morgan fingerprint density at radius 1 is 0.962 bits per heavy atom. The topological polar surface area (TPSA) is 161 Å². The van der Waals surface area contributed by atoms with E-state index in [1.165, 1.54) is 14.2 Å². The Labute approximate surface area is 317 Å². The molecule has 0 spiro atoms. The molecule has 1 aliphatic rings. The highest BCUT2D eigenvalue weighted by Crippen LogP contribution is 2.29. The summed E-state index contributed by atoms with van der Waals surface area (Å²) in [5.41, 5.74) is 0.884. The van der Waals surface area contributed by atoms with Crippen molar-refractivity contribution in [1.29, 1.82) is 0 Å². The van der Waals surface area contributed by atoms with Crippen LogP contribution in [0.4, 0.5) is 0 Å². The Morgan fingerprint density at radius 3 is 2.08 bits per heavy atom. The number of benzene rings is 1. The molecule has 53 heavy (non-hydrogen) atoms. The van der Waals surface area contributed by atoms with Gasteiger partial charge >= 0.3 is 0 Å². The summed E-state index contributed by atoms with van der Waals surface area (Å²) in [7, 11) is 8.38. The number of hydrogen-bond acceptors (Lipinski definition) is 9. The normalized spacial score (nSPS) is 18.7. The molecule has 1 aromatic rings. The van der Waals surface area contributed by atoms with Crippen LogP contribution in [0, 0.1) is 17.8 Å². The van der Waals surface area contributed by atoms with E-state index in [1.807, 2.05) is 90.9 Å². The molecule has 0 bridgehead atoms. The molecule has 0 aliphatic carbocycles. The van der Waals surface area contributed by atoms with Crippen LogP contribution in [-0.4, -0.2) is 139 Å². The third kappa shape index (κ3) is 12.3. The van der Waals surface area contributed by atoms with E-state index < -0.39 is 54.6 Å². The van der Waals surface area contributed by atoms with E-state index >= 15 is 0 Å². The number of carbonyl (C=O) groups excluding carboxylic acids is 4. The van der Waals surface area contributed by atoms with Crippen molar-refractivity contribution >= 4 is 23.6 Å². The second kappa shape index (κ2) is 21.5. The number of aliphatic hydroxyl groups excluding tert-OH is 1. The molecule has 300 valence electrons. The number of rotatable bonds is 21. The van der Waals surface area contributed by atoms with Gasteiger partial charge in [0, 0.05) is 33.4 Å². The van der Waals surface area contributed by atoms with Crippen LogP contribution in [0.15, 0.2) is 42.5 Å². The summed E-state index contributed by atoms with van der Waals surface area (Å²) < 4.78 is 11.8. The first-order chi connectivity index (χ1) is 24.9. The summed E-state index contributed by atoms with van der Waals surface area (Å²) in [5, 5.41) is 25.8. The minimum atomic E-state index is -1.81. The summed E-state index contributed by atoms with van der Waals surface area (Å²) in [6.07, 6.45) is -1.20. The largest absolute Gasteiger partial charge is 0.379 e. The Bertz CT molecular complexity index is 1330. The van der Waals surface area contributed by atoms with Crippen LogP contribution in [0.1, 0.15) is 72.8 Å². The highest BCUT2D eigenvalue weighted by atomic mass is 16.5. The van der Waals surface area contributed by atoms with Gasteiger partial charge in [0.2, 0.25) is 23.6 Å². The van der Waals surface area contributed by atoms with E-state index in [-0.39, 0.29) is 53.9 Å². The first-order valence-electron chi connectivity index (χ1n) is 18.9. The maximum atomic E-state index is 14.2. The number of amides is 4. The third-order valence-corrected chi connectivity index (χ3v) is 10.6. The van der Waals surface area contributed by atoms with Crippen LogP contribution < -0.4 is 10.6 Å². The van der Waals surface area contributed by atoms with Crippen molar-refractivity contribution in [3.05, 3.63) is 48.0 Å². The van der Waals surface area contributed by atoms with Gasteiger partial charge in [-0.15, -0.1) is 0 Å². The number of carbonyl (C=O) groups is 4. The Morgan fingerprint density at radius 2 is 1.58 bits per heavy atom. The molecule has 1 aromatic carbocycles. The smallest absolute Gasteiger partial charge is 0.249 e. The lowest BCUT2D eigenvalue weighted by Gasteiger charge is -2.41. The molecule has 4 N–H and O–H groups in total. The van der Waals surface area contributed by atoms with Crippen LogP contribution in [0.5, 0.6) is 0 Å². The van der Waals surface area contributed by atoms with E-state index in [9.17, 15) is 29.4 Å². The van der Waals surface area contributed by atoms with Crippen LogP contribution in [-0.2, 0) is 35.1 Å². The van der Waals surface area contributed by atoms with Crippen LogP contribution in [0.3, 0.4) is 0 Å². The minimum absolute atomic E-state index is 0.0284. The second-order valence-corrected chi connectivity index (χ2v) is 15.3. The van der Waals surface area contributed by atoms with Gasteiger partial charge in [-0.05, 0) is 56.7 Å². The van der Waals surface area contributed by atoms with Gasteiger partial charge in [-0.3, -0.25) is 24.1 Å². The third-order valence-electron chi connectivity index (χ3n) is 10.6. The second-order valence-electron chi connectivity index (χ2n) is 15.3. The van der Waals surface area contributed by atoms with Crippen molar-refractivity contribution in [2.24, 2.45) is 17.8 Å². The summed E-state index contributed by atoms with van der Waals surface area (Å²) >= 11 is 0. The molecule has 0 saturated carbocycles. The van der Waals surface area contributed by atoms with Gasteiger partial charge in [0.25, 0.3) is 0 Å². The van der Waals surface area contributed by atoms with Crippen molar-refractivity contribution in [3.8, 4) is 0 Å². The van der Waals surface area contributed by atoms with E-state index in [1.54, 1.807) is 16.8 Å². The minimum Gasteiger partial charge on any atom is -0.379 e. The average molecular weight is 746 g/mol. The van der Waals surface area contributed by atoms with Gasteiger partial charge in [-0.25, -0.2) is 0 Å². The molecular weight excluding hydrogens is 678 g/mol. The van der Waals surface area contributed by atoms with Crippen molar-refractivity contribution in [2.45, 2.75) is 122 Å². The van der Waals surface area contributed by atoms with E-state index in [2.05, 4.69) is 17.2 Å². The number of nitrogens with one attached hydrogen (secondary N) is 2. The molecule has 0 aromatic heterocycles. The zero-order chi connectivity index (χ0) is 40.2. The van der Waals surface area contributed by atoms with Crippen molar-refractivity contribution in [3.63, 3.8) is 0 Å². The predicted octanol–water partition coefficient (Wildman–Crippen LogP) is 2.59. The highest BCUT2D eigenvalue weighted by Gasteiger charge is 2.42. The highest BCUT2D eigenvalue weighted by molar-refractivity contribution is 5.94. The zero-order valence-corrected chi connectivity index (χ0v) is 33.9. The number of ether oxygens (including phenoxy) is 2. The first-order valence-corrected chi connectivity index (χ1v) is 18.9. The van der Waals surface area contributed by atoms with Crippen LogP contribution in [0.2, 0.25) is 0 Å². The van der Waals surface area contributed by atoms with Gasteiger partial charge in [0.15, 0.2) is 6.29 Å². The fourth-order valence-electron chi connectivity index (χ4n) is 7.56. The fraction of sp³-hybridized carbons (Fsp3) is 0.700. The van der Waals surface area contributed by atoms with Crippen LogP contribution >= 0.6 is 0 Å². The Balaban J connectivity index is 2.27. The molecule has 1 unspecified atom stereocenters. The molecule has 0 radical (unpaired) electrons. The van der Waals surface area contributed by atoms with Gasteiger partial charge in [0.05, 0.1) is 36.7 Å². The average Bonchev–Trinajstić information content (AvgIpc) is 3.59. The summed E-state index contributed by atoms with van der Waals surface area (Å²) in [5.74, 6) is -1.50. The SMILES string of the molecule is C=C(C(=O)N[C@@H](Cc1ccccc1)C(O)O)[C@@H](OC)[C@@H]1CCCN1C(=O)CC(OC)[C@H]([C@@H](C)CC)N(C)C(=O)[C@@H](NC(=O)[C@H](C(C)C)N(C)C)C(C)C. The number of likely N-dealkylation sites (tertiary alicyclic amines) is 1. The van der Waals surface area contributed by atoms with Gasteiger partial charge in [-0.1, -0.05) is 84.9 Å². The molecule has 1 heterocycles. The summed E-state index contributed by atoms with van der Waals surface area (Å²) in [6, 6.07) is 6.00. The molecule has 13 heteroatoms. The number of likely N-dealkylation sites (N-methyl/N-ethyl adjacent to an activating group) is 2. The molecule has 4 amide bonds. The lowest BCUT2D eigenvalue weighted by Crippen LogP contribution is -2.59. The van der Waals surface area contributed by atoms with E-state index in [0.29, 0.717) is 25.8 Å². The lowest BCUT2D eigenvalue weighted by molar-refractivity contribution is -0.147. The number of aliphatic hydroxyl groups is 2. The van der Waals surface area contributed by atoms with Gasteiger partial charge in [0.1, 0.15) is 12.1 Å². The maximum Gasteiger partial charge on any atom is 0.249 e. The molecule has 13 nitrogen and oxygen atoms in total. The number of methoxy groups -OCH3 is 2.